The first-order chi connectivity index (χ1) is 11.8. The summed E-state index contributed by atoms with van der Waals surface area (Å²) in [7, 11) is 0. The van der Waals surface area contributed by atoms with E-state index in [-0.39, 0.29) is 0 Å². The van der Waals surface area contributed by atoms with Crippen molar-refractivity contribution in [1.29, 1.82) is 0 Å². The highest BCUT2D eigenvalue weighted by Gasteiger charge is 2.75. The molecule has 0 heteroatoms. The highest BCUT2D eigenvalue weighted by atomic mass is 14.8. The summed E-state index contributed by atoms with van der Waals surface area (Å²) in [6.45, 7) is 2.49. The van der Waals surface area contributed by atoms with Gasteiger partial charge < -0.3 is 0 Å². The van der Waals surface area contributed by atoms with E-state index in [9.17, 15) is 0 Å². The number of fused-ring (bicyclic) bond motifs is 23. The average molecular weight is 323 g/mol. The predicted octanol–water partition coefficient (Wildman–Crippen LogP) is 5.48. The molecule has 8 rings (SSSR count). The topological polar surface area (TPSA) is 0 Å². The van der Waals surface area contributed by atoms with E-state index in [1.807, 2.05) is 0 Å². The fourth-order valence-corrected chi connectivity index (χ4v) is 12.6. The number of hydrogen-bond donors (Lipinski definition) is 0. The molecule has 8 aliphatic rings. The van der Waals surface area contributed by atoms with Gasteiger partial charge >= 0.3 is 0 Å². The van der Waals surface area contributed by atoms with Crippen LogP contribution in [0, 0.1) is 88.8 Å². The summed E-state index contributed by atoms with van der Waals surface area (Å²) < 4.78 is 0. The van der Waals surface area contributed by atoms with Gasteiger partial charge in [0.05, 0.1) is 0 Å². The van der Waals surface area contributed by atoms with Crippen LogP contribution in [0.5, 0.6) is 0 Å². The zero-order valence-electron chi connectivity index (χ0n) is 15.3. The summed E-state index contributed by atoms with van der Waals surface area (Å²) in [5.74, 6) is 18.3. The summed E-state index contributed by atoms with van der Waals surface area (Å²) in [6, 6.07) is 0. The third-order valence-corrected chi connectivity index (χ3v) is 12.3. The second-order valence-electron chi connectivity index (χ2n) is 12.0. The monoisotopic (exact) mass is 322 g/mol. The highest BCUT2D eigenvalue weighted by molar-refractivity contribution is 5.23. The van der Waals surface area contributed by atoms with Gasteiger partial charge in [-0.05, 0) is 134 Å². The first-order valence-electron chi connectivity index (χ1n) is 11.8. The van der Waals surface area contributed by atoms with Crippen molar-refractivity contribution in [1.82, 2.24) is 0 Å². The standard InChI is InChI=1S/C24H34/c1-2-10-5-13-7-14(10)22-18-9-17(21(13)22)23-15-8-16(24(18)23)20-12-4-3-11(6-12)19(15)20/h10-24H,2-9H2,1H3. The summed E-state index contributed by atoms with van der Waals surface area (Å²) >= 11 is 0. The van der Waals surface area contributed by atoms with Crippen molar-refractivity contribution in [2.75, 3.05) is 0 Å². The van der Waals surface area contributed by atoms with Gasteiger partial charge in [-0.3, -0.25) is 0 Å². The van der Waals surface area contributed by atoms with Crippen molar-refractivity contribution in [3.8, 4) is 0 Å². The van der Waals surface area contributed by atoms with Gasteiger partial charge in [0.25, 0.3) is 0 Å². The molecule has 0 radical (unpaired) electrons. The lowest BCUT2D eigenvalue weighted by Gasteiger charge is -2.51. The Kier molecular flexibility index (Phi) is 2.18. The lowest BCUT2D eigenvalue weighted by atomic mass is 9.54. The molecule has 0 aromatic carbocycles. The lowest BCUT2D eigenvalue weighted by Crippen LogP contribution is -2.47. The number of rotatable bonds is 1. The average Bonchev–Trinajstić information content (AvgIpc) is 3.44. The molecule has 0 amide bonds. The van der Waals surface area contributed by atoms with Crippen LogP contribution >= 0.6 is 0 Å². The summed E-state index contributed by atoms with van der Waals surface area (Å²) in [6.07, 6.45) is 13.2. The Bertz CT molecular complexity index is 607. The van der Waals surface area contributed by atoms with Crippen molar-refractivity contribution < 1.29 is 0 Å². The maximum absolute atomic E-state index is 2.49. The zero-order valence-corrected chi connectivity index (χ0v) is 15.3. The van der Waals surface area contributed by atoms with Crippen LogP contribution in [0.3, 0.4) is 0 Å². The van der Waals surface area contributed by atoms with Crippen LogP contribution in [0.25, 0.3) is 0 Å². The molecule has 15 atom stereocenters. The fraction of sp³-hybridized carbons (Fsp3) is 1.00. The smallest absolute Gasteiger partial charge is 0.0318 e. The molecule has 0 heterocycles. The van der Waals surface area contributed by atoms with Gasteiger partial charge in [-0.15, -0.1) is 0 Å². The SMILES string of the molecule is CCC1CC2CC1C1C3CC(C21)C1C2CC(C4C5CCC(C5)C24)C31. The maximum atomic E-state index is 2.49. The molecule has 0 aromatic rings. The third kappa shape index (κ3) is 1.17. The van der Waals surface area contributed by atoms with Crippen LogP contribution in [0.1, 0.15) is 58.3 Å². The second-order valence-corrected chi connectivity index (χ2v) is 12.0. The van der Waals surface area contributed by atoms with Crippen molar-refractivity contribution in [2.45, 2.75) is 58.3 Å². The van der Waals surface area contributed by atoms with Crippen LogP contribution in [0.4, 0.5) is 0 Å². The Morgan fingerprint density at radius 3 is 1.67 bits per heavy atom. The maximum Gasteiger partial charge on any atom is -0.0318 e. The molecule has 24 heavy (non-hydrogen) atoms. The quantitative estimate of drug-likeness (QED) is 0.561. The Balaban J connectivity index is 1.20. The van der Waals surface area contributed by atoms with E-state index in [1.54, 1.807) is 44.9 Å². The molecule has 8 bridgehead atoms. The van der Waals surface area contributed by atoms with Crippen LogP contribution < -0.4 is 0 Å². The fourth-order valence-electron chi connectivity index (χ4n) is 12.6. The third-order valence-electron chi connectivity index (χ3n) is 12.3. The molecular weight excluding hydrogens is 288 g/mol. The molecule has 0 nitrogen and oxygen atoms in total. The van der Waals surface area contributed by atoms with Gasteiger partial charge in [0.15, 0.2) is 0 Å². The largest absolute Gasteiger partial charge is 0.0651 e. The minimum absolute atomic E-state index is 1.14. The molecule has 0 aromatic heterocycles. The molecule has 0 spiro atoms. The molecule has 0 aliphatic heterocycles. The van der Waals surface area contributed by atoms with E-state index in [2.05, 4.69) is 6.92 Å². The summed E-state index contributed by atoms with van der Waals surface area (Å²) in [4.78, 5) is 0. The van der Waals surface area contributed by atoms with Crippen molar-refractivity contribution in [3.63, 3.8) is 0 Å². The highest BCUT2D eigenvalue weighted by Crippen LogP contribution is 2.81. The summed E-state index contributed by atoms with van der Waals surface area (Å²) in [5.41, 5.74) is 0. The van der Waals surface area contributed by atoms with Gasteiger partial charge in [0.1, 0.15) is 0 Å². The predicted molar refractivity (Wildman–Crippen MR) is 95.0 cm³/mol. The number of hydrogen-bond acceptors (Lipinski definition) is 0. The van der Waals surface area contributed by atoms with Crippen molar-refractivity contribution in [2.24, 2.45) is 88.8 Å². The Morgan fingerprint density at radius 2 is 1.04 bits per heavy atom. The van der Waals surface area contributed by atoms with Crippen LogP contribution in [-0.2, 0) is 0 Å². The molecule has 8 aliphatic carbocycles. The molecule has 0 N–H and O–H groups in total. The normalized spacial score (nSPS) is 75.1. The van der Waals surface area contributed by atoms with Gasteiger partial charge in [0, 0.05) is 0 Å². The lowest BCUT2D eigenvalue weighted by molar-refractivity contribution is -0.0379. The van der Waals surface area contributed by atoms with Gasteiger partial charge in [0.2, 0.25) is 0 Å². The van der Waals surface area contributed by atoms with Crippen LogP contribution in [0.15, 0.2) is 0 Å². The molecular formula is C24H34. The second kappa shape index (κ2) is 3.96. The molecule has 130 valence electrons. The zero-order chi connectivity index (χ0) is 15.3. The van der Waals surface area contributed by atoms with E-state index in [0.29, 0.717) is 0 Å². The minimum atomic E-state index is 1.14. The minimum Gasteiger partial charge on any atom is -0.0651 e. The van der Waals surface area contributed by atoms with Gasteiger partial charge in [-0.1, -0.05) is 13.3 Å². The van der Waals surface area contributed by atoms with Crippen LogP contribution in [0.2, 0.25) is 0 Å². The molecule has 8 fully saturated rings. The van der Waals surface area contributed by atoms with E-state index in [0.717, 1.165) is 5.92 Å². The summed E-state index contributed by atoms with van der Waals surface area (Å²) in [5, 5.41) is 0. The van der Waals surface area contributed by atoms with Crippen molar-refractivity contribution in [3.05, 3.63) is 0 Å². The Hall–Kier alpha value is 0. The molecule has 0 saturated heterocycles. The van der Waals surface area contributed by atoms with Crippen molar-refractivity contribution >= 4 is 0 Å². The van der Waals surface area contributed by atoms with E-state index in [1.165, 1.54) is 89.3 Å². The first kappa shape index (κ1) is 13.2. The molecule has 15 unspecified atom stereocenters. The molecule has 8 saturated carbocycles. The van der Waals surface area contributed by atoms with Crippen LogP contribution in [-0.4, -0.2) is 0 Å². The van der Waals surface area contributed by atoms with E-state index >= 15 is 0 Å². The van der Waals surface area contributed by atoms with E-state index < -0.39 is 0 Å². The first-order valence-corrected chi connectivity index (χ1v) is 11.8. The van der Waals surface area contributed by atoms with Gasteiger partial charge in [-0.2, -0.15) is 0 Å². The van der Waals surface area contributed by atoms with E-state index in [4.69, 9.17) is 0 Å². The Labute approximate surface area is 147 Å². The van der Waals surface area contributed by atoms with Gasteiger partial charge in [-0.25, -0.2) is 0 Å². The Morgan fingerprint density at radius 1 is 0.500 bits per heavy atom.